The van der Waals surface area contributed by atoms with Gasteiger partial charge in [0.05, 0.1) is 0 Å². The molecule has 4 nitrogen and oxygen atoms in total. The fourth-order valence-electron chi connectivity index (χ4n) is 3.19. The van der Waals surface area contributed by atoms with E-state index in [0.29, 0.717) is 30.2 Å². The van der Waals surface area contributed by atoms with Gasteiger partial charge in [-0.05, 0) is 63.9 Å². The predicted molar refractivity (Wildman–Crippen MR) is 130 cm³/mol. The SMILES string of the molecule is CC[C@H](C(=O)NC(C)(C)C)N(Cc1ccc(C)cc1)C(=O)CCSc1ccc(Cl)cc1. The van der Waals surface area contributed by atoms with Gasteiger partial charge in [0.2, 0.25) is 11.8 Å². The van der Waals surface area contributed by atoms with E-state index in [1.54, 1.807) is 16.7 Å². The summed E-state index contributed by atoms with van der Waals surface area (Å²) in [5.74, 6) is 0.515. The smallest absolute Gasteiger partial charge is 0.243 e. The first-order valence-corrected chi connectivity index (χ1v) is 12.0. The number of nitrogens with zero attached hydrogens (tertiary/aromatic N) is 1. The third kappa shape index (κ3) is 8.58. The molecule has 6 heteroatoms. The minimum atomic E-state index is -0.506. The molecule has 2 aromatic rings. The van der Waals surface area contributed by atoms with Crippen molar-refractivity contribution in [1.29, 1.82) is 0 Å². The Hall–Kier alpha value is -1.98. The molecule has 0 saturated heterocycles. The molecular formula is C25H33ClN2O2S. The minimum Gasteiger partial charge on any atom is -0.350 e. The van der Waals surface area contributed by atoms with Crippen LogP contribution in [0.3, 0.4) is 0 Å². The van der Waals surface area contributed by atoms with E-state index in [1.165, 1.54) is 5.56 Å². The summed E-state index contributed by atoms with van der Waals surface area (Å²) in [6.45, 7) is 10.3. The molecule has 0 unspecified atom stereocenters. The molecule has 0 heterocycles. The van der Waals surface area contributed by atoms with Crippen molar-refractivity contribution in [3.8, 4) is 0 Å². The Bertz CT molecular complexity index is 861. The molecule has 0 bridgehead atoms. The number of rotatable bonds is 9. The lowest BCUT2D eigenvalue weighted by Gasteiger charge is -2.33. The number of nitrogens with one attached hydrogen (secondary N) is 1. The van der Waals surface area contributed by atoms with Gasteiger partial charge in [-0.25, -0.2) is 0 Å². The van der Waals surface area contributed by atoms with Crippen molar-refractivity contribution in [2.24, 2.45) is 0 Å². The van der Waals surface area contributed by atoms with Gasteiger partial charge in [-0.15, -0.1) is 11.8 Å². The van der Waals surface area contributed by atoms with Crippen LogP contribution in [0.5, 0.6) is 0 Å². The summed E-state index contributed by atoms with van der Waals surface area (Å²) in [6, 6.07) is 15.2. The van der Waals surface area contributed by atoms with Gasteiger partial charge >= 0.3 is 0 Å². The molecule has 2 rings (SSSR count). The van der Waals surface area contributed by atoms with Crippen molar-refractivity contribution in [1.82, 2.24) is 10.2 Å². The van der Waals surface area contributed by atoms with Gasteiger partial charge in [-0.1, -0.05) is 48.4 Å². The highest BCUT2D eigenvalue weighted by Crippen LogP contribution is 2.22. The summed E-state index contributed by atoms with van der Waals surface area (Å²) < 4.78 is 0. The molecule has 2 amide bonds. The number of carbonyl (C=O) groups excluding carboxylic acids is 2. The van der Waals surface area contributed by atoms with E-state index in [0.717, 1.165) is 10.5 Å². The van der Waals surface area contributed by atoms with Crippen molar-refractivity contribution in [3.05, 3.63) is 64.7 Å². The quantitative estimate of drug-likeness (QED) is 0.477. The summed E-state index contributed by atoms with van der Waals surface area (Å²) in [5.41, 5.74) is 1.83. The van der Waals surface area contributed by atoms with Crippen molar-refractivity contribution < 1.29 is 9.59 Å². The van der Waals surface area contributed by atoms with Gasteiger partial charge in [0, 0.05) is 34.2 Å². The number of benzene rings is 2. The Balaban J connectivity index is 2.14. The topological polar surface area (TPSA) is 49.4 Å². The van der Waals surface area contributed by atoms with Crippen LogP contribution in [0.15, 0.2) is 53.4 Å². The standard InChI is InChI=1S/C25H33ClN2O2S/c1-6-22(24(30)27-25(3,4)5)28(17-19-9-7-18(2)8-10-19)23(29)15-16-31-21-13-11-20(26)12-14-21/h7-14,22H,6,15-17H2,1-5H3,(H,27,30)/t22-/m1/s1. The number of aryl methyl sites for hydroxylation is 1. The molecule has 2 aromatic carbocycles. The number of thioether (sulfide) groups is 1. The molecule has 1 atom stereocenters. The summed E-state index contributed by atoms with van der Waals surface area (Å²) in [6.07, 6.45) is 0.919. The fourth-order valence-corrected chi connectivity index (χ4v) is 4.16. The van der Waals surface area contributed by atoms with E-state index in [-0.39, 0.29) is 17.4 Å². The van der Waals surface area contributed by atoms with Gasteiger partial charge in [0.25, 0.3) is 0 Å². The highest BCUT2D eigenvalue weighted by Gasteiger charge is 2.30. The molecule has 1 N–H and O–H groups in total. The summed E-state index contributed by atoms with van der Waals surface area (Å²) in [7, 11) is 0. The van der Waals surface area contributed by atoms with Crippen molar-refractivity contribution in [3.63, 3.8) is 0 Å². The second kappa shape index (κ2) is 11.6. The van der Waals surface area contributed by atoms with Gasteiger partial charge in [0.15, 0.2) is 0 Å². The zero-order valence-electron chi connectivity index (χ0n) is 19.1. The van der Waals surface area contributed by atoms with Crippen LogP contribution in [0.2, 0.25) is 5.02 Å². The second-order valence-electron chi connectivity index (χ2n) is 8.72. The normalized spacial score (nSPS) is 12.3. The predicted octanol–water partition coefficient (Wildman–Crippen LogP) is 5.85. The molecule has 0 fully saturated rings. The summed E-state index contributed by atoms with van der Waals surface area (Å²) >= 11 is 7.56. The zero-order chi connectivity index (χ0) is 23.0. The highest BCUT2D eigenvalue weighted by molar-refractivity contribution is 7.99. The first-order chi connectivity index (χ1) is 14.6. The third-order valence-electron chi connectivity index (χ3n) is 4.76. The Kier molecular flexibility index (Phi) is 9.45. The van der Waals surface area contributed by atoms with Crippen LogP contribution in [0.1, 0.15) is 51.7 Å². The van der Waals surface area contributed by atoms with E-state index < -0.39 is 6.04 Å². The van der Waals surface area contributed by atoms with E-state index in [4.69, 9.17) is 11.6 Å². The fraction of sp³-hybridized carbons (Fsp3) is 0.440. The van der Waals surface area contributed by atoms with Gasteiger partial charge in [-0.2, -0.15) is 0 Å². The molecule has 168 valence electrons. The van der Waals surface area contributed by atoms with Crippen molar-refractivity contribution in [2.75, 3.05) is 5.75 Å². The summed E-state index contributed by atoms with van der Waals surface area (Å²) in [5, 5.41) is 3.73. The van der Waals surface area contributed by atoms with Crippen molar-refractivity contribution >= 4 is 35.2 Å². The second-order valence-corrected chi connectivity index (χ2v) is 10.3. The van der Waals surface area contributed by atoms with Crippen LogP contribution >= 0.6 is 23.4 Å². The van der Waals surface area contributed by atoms with Crippen LogP contribution in [-0.2, 0) is 16.1 Å². The minimum absolute atomic E-state index is 0.0158. The number of hydrogen-bond acceptors (Lipinski definition) is 3. The Morgan fingerprint density at radius 3 is 2.23 bits per heavy atom. The molecular weight excluding hydrogens is 428 g/mol. The van der Waals surface area contributed by atoms with Gasteiger partial charge in [-0.3, -0.25) is 9.59 Å². The lowest BCUT2D eigenvalue weighted by Crippen LogP contribution is -2.53. The van der Waals surface area contributed by atoms with Gasteiger partial charge < -0.3 is 10.2 Å². The summed E-state index contributed by atoms with van der Waals surface area (Å²) in [4.78, 5) is 29.0. The molecule has 31 heavy (non-hydrogen) atoms. The molecule has 0 aromatic heterocycles. The van der Waals surface area contributed by atoms with Crippen LogP contribution < -0.4 is 5.32 Å². The lowest BCUT2D eigenvalue weighted by atomic mass is 10.0. The third-order valence-corrected chi connectivity index (χ3v) is 6.02. The number of halogens is 1. The molecule has 0 aliphatic rings. The zero-order valence-corrected chi connectivity index (χ0v) is 20.6. The van der Waals surface area contributed by atoms with Gasteiger partial charge in [0.1, 0.15) is 6.04 Å². The molecule has 0 spiro atoms. The molecule has 0 aliphatic heterocycles. The van der Waals surface area contributed by atoms with E-state index >= 15 is 0 Å². The van der Waals surface area contributed by atoms with Crippen LogP contribution in [0.25, 0.3) is 0 Å². The molecule has 0 saturated carbocycles. The first kappa shape index (κ1) is 25.3. The monoisotopic (exact) mass is 460 g/mol. The largest absolute Gasteiger partial charge is 0.350 e. The average Bonchev–Trinajstić information content (AvgIpc) is 2.69. The average molecular weight is 461 g/mol. The number of carbonyl (C=O) groups is 2. The number of amides is 2. The maximum Gasteiger partial charge on any atom is 0.243 e. The first-order valence-electron chi connectivity index (χ1n) is 10.6. The molecule has 0 aliphatic carbocycles. The van der Waals surface area contributed by atoms with Crippen LogP contribution in [0.4, 0.5) is 0 Å². The van der Waals surface area contributed by atoms with E-state index in [1.807, 2.05) is 83.1 Å². The lowest BCUT2D eigenvalue weighted by molar-refractivity contribution is -0.141. The van der Waals surface area contributed by atoms with E-state index in [2.05, 4.69) is 5.32 Å². The van der Waals surface area contributed by atoms with Crippen LogP contribution in [0, 0.1) is 6.92 Å². The maximum atomic E-state index is 13.2. The van der Waals surface area contributed by atoms with Crippen LogP contribution in [-0.4, -0.2) is 34.0 Å². The Labute approximate surface area is 195 Å². The molecule has 0 radical (unpaired) electrons. The van der Waals surface area contributed by atoms with Crippen molar-refractivity contribution in [2.45, 2.75) is 70.5 Å². The Morgan fingerprint density at radius 1 is 1.06 bits per heavy atom. The highest BCUT2D eigenvalue weighted by atomic mass is 35.5. The Morgan fingerprint density at radius 2 is 1.68 bits per heavy atom. The maximum absolute atomic E-state index is 13.2. The number of hydrogen-bond donors (Lipinski definition) is 1. The van der Waals surface area contributed by atoms with E-state index in [9.17, 15) is 9.59 Å².